The number of carboxylic acids is 1. The molecule has 5 nitrogen and oxygen atoms in total. The van der Waals surface area contributed by atoms with E-state index in [1.54, 1.807) is 22.9 Å². The van der Waals surface area contributed by atoms with Crippen molar-refractivity contribution in [2.24, 2.45) is 0 Å². The van der Waals surface area contributed by atoms with Gasteiger partial charge in [0, 0.05) is 23.6 Å². The number of carbonyl (C=O) groups is 1. The molecule has 1 heterocycles. The maximum atomic E-state index is 11.0. The number of aromatic nitrogens is 3. The van der Waals surface area contributed by atoms with Crippen molar-refractivity contribution in [3.05, 3.63) is 36.0 Å². The average Bonchev–Trinajstić information content (AvgIpc) is 2.97. The molecule has 0 radical (unpaired) electrons. The summed E-state index contributed by atoms with van der Waals surface area (Å²) in [5.41, 5.74) is 1.77. The Morgan fingerprint density at radius 3 is 2.86 bits per heavy atom. The molecule has 1 aromatic carbocycles. The Bertz CT molecular complexity index is 608. The summed E-state index contributed by atoms with van der Waals surface area (Å²) in [6, 6.07) is 6.78. The highest BCUT2D eigenvalue weighted by Crippen LogP contribution is 2.33. The fraction of sp³-hybridized carbons (Fsp3) is 0.400. The van der Waals surface area contributed by atoms with Crippen LogP contribution in [0.1, 0.15) is 24.2 Å². The molecular formula is C15H20N3O2P. The second-order valence-corrected chi connectivity index (χ2v) is 7.79. The van der Waals surface area contributed by atoms with Crippen LogP contribution in [-0.2, 0) is 6.54 Å². The van der Waals surface area contributed by atoms with Crippen LogP contribution in [0.15, 0.2) is 24.3 Å². The Morgan fingerprint density at radius 2 is 2.19 bits per heavy atom. The van der Waals surface area contributed by atoms with Gasteiger partial charge in [0.15, 0.2) is 0 Å². The second-order valence-electron chi connectivity index (χ2n) is 4.73. The summed E-state index contributed by atoms with van der Waals surface area (Å²) >= 11 is 0. The van der Waals surface area contributed by atoms with Crippen LogP contribution in [0.4, 0.5) is 0 Å². The van der Waals surface area contributed by atoms with Crippen LogP contribution in [0.2, 0.25) is 0 Å². The van der Waals surface area contributed by atoms with Gasteiger partial charge < -0.3 is 5.11 Å². The van der Waals surface area contributed by atoms with E-state index < -0.39 is 5.97 Å². The standard InChI is InChI=1S/C15H20N3O2P/c1-3-21(4-2)9-8-18-11-14(16-17-18)12-6-5-7-13(10-12)15(19)20/h5-7,10,16H,3-4,8-9H2,1-2H3,(H,19,20). The Morgan fingerprint density at radius 1 is 1.43 bits per heavy atom. The summed E-state index contributed by atoms with van der Waals surface area (Å²) in [4.78, 5) is 11.0. The van der Waals surface area contributed by atoms with Gasteiger partial charge in [0.25, 0.3) is 0 Å². The molecule has 0 atom stereocenters. The molecule has 0 saturated carbocycles. The number of aromatic amines is 1. The van der Waals surface area contributed by atoms with Crippen LogP contribution in [-0.4, -0.2) is 39.9 Å². The number of benzene rings is 1. The van der Waals surface area contributed by atoms with Gasteiger partial charge in [0.05, 0.1) is 11.8 Å². The zero-order valence-electron chi connectivity index (χ0n) is 12.3. The predicted molar refractivity (Wildman–Crippen MR) is 82.9 cm³/mol. The lowest BCUT2D eigenvalue weighted by Gasteiger charge is -2.10. The van der Waals surface area contributed by atoms with E-state index in [9.17, 15) is 4.79 Å². The van der Waals surface area contributed by atoms with Crippen LogP contribution < -0.4 is 4.68 Å². The largest absolute Gasteiger partial charge is 0.478 e. The van der Waals surface area contributed by atoms with Gasteiger partial charge in [0.1, 0.15) is 0 Å². The topological polar surface area (TPSA) is 69.9 Å². The molecule has 112 valence electrons. The zero-order valence-corrected chi connectivity index (χ0v) is 13.2. The van der Waals surface area contributed by atoms with Crippen molar-refractivity contribution >= 4 is 13.9 Å². The summed E-state index contributed by atoms with van der Waals surface area (Å²) in [5, 5.41) is 16.1. The predicted octanol–water partition coefficient (Wildman–Crippen LogP) is 2.38. The zero-order chi connectivity index (χ0) is 15.2. The molecule has 0 fully saturated rings. The normalized spacial score (nSPS) is 11.0. The van der Waals surface area contributed by atoms with Crippen LogP contribution >= 0.6 is 7.92 Å². The minimum absolute atomic E-state index is 0.0889. The molecule has 6 heteroatoms. The summed E-state index contributed by atoms with van der Waals surface area (Å²) in [6.07, 6.45) is 6.79. The van der Waals surface area contributed by atoms with Gasteiger partial charge in [-0.25, -0.2) is 9.48 Å². The van der Waals surface area contributed by atoms with Crippen molar-refractivity contribution in [3.63, 3.8) is 0 Å². The van der Waals surface area contributed by atoms with Gasteiger partial charge in [-0.05, 0) is 12.3 Å². The summed E-state index contributed by atoms with van der Waals surface area (Å²) in [7, 11) is 0.0889. The van der Waals surface area contributed by atoms with E-state index in [4.69, 9.17) is 5.11 Å². The molecular weight excluding hydrogens is 285 g/mol. The van der Waals surface area contributed by atoms with Crippen molar-refractivity contribution in [2.45, 2.75) is 20.4 Å². The van der Waals surface area contributed by atoms with Gasteiger partial charge in [0.2, 0.25) is 0 Å². The molecule has 1 aromatic heterocycles. The number of hydrogen-bond acceptors (Lipinski definition) is 2. The monoisotopic (exact) mass is 305 g/mol. The molecule has 2 rings (SSSR count). The van der Waals surface area contributed by atoms with E-state index in [1.165, 1.54) is 12.3 Å². The van der Waals surface area contributed by atoms with Crippen molar-refractivity contribution in [3.8, 4) is 11.3 Å². The van der Waals surface area contributed by atoms with Crippen LogP contribution in [0.25, 0.3) is 11.3 Å². The maximum absolute atomic E-state index is 11.0. The van der Waals surface area contributed by atoms with E-state index in [-0.39, 0.29) is 13.5 Å². The number of H-pyrrole nitrogens is 1. The van der Waals surface area contributed by atoms with Crippen molar-refractivity contribution in [2.75, 3.05) is 18.5 Å². The number of rotatable bonds is 7. The molecule has 0 amide bonds. The lowest BCUT2D eigenvalue weighted by Crippen LogP contribution is -2.37. The quantitative estimate of drug-likeness (QED) is 0.469. The summed E-state index contributed by atoms with van der Waals surface area (Å²) in [6.45, 7) is 5.32. The van der Waals surface area contributed by atoms with Gasteiger partial charge in [-0.2, -0.15) is 5.10 Å². The Hall–Kier alpha value is -1.74. The second kappa shape index (κ2) is 7.32. The molecule has 0 bridgehead atoms. The van der Waals surface area contributed by atoms with E-state index in [2.05, 4.69) is 30.4 Å². The minimum atomic E-state index is -0.930. The third-order valence-electron chi connectivity index (χ3n) is 3.44. The third-order valence-corrected chi connectivity index (χ3v) is 6.07. The fourth-order valence-electron chi connectivity index (χ4n) is 2.11. The summed E-state index contributed by atoms with van der Waals surface area (Å²) < 4.78 is 1.78. The molecule has 0 unspecified atom stereocenters. The maximum Gasteiger partial charge on any atom is 0.334 e. The Kier molecular flexibility index (Phi) is 5.45. The van der Waals surface area contributed by atoms with Crippen molar-refractivity contribution in [1.82, 2.24) is 10.3 Å². The molecule has 0 saturated heterocycles. The number of carboxylic acid groups (broad SMARTS) is 1. The van der Waals surface area contributed by atoms with E-state index in [0.29, 0.717) is 0 Å². The first-order valence-corrected chi connectivity index (χ1v) is 8.97. The molecule has 0 aliphatic heterocycles. The molecule has 0 aliphatic rings. The SMILES string of the molecule is CCP(CC)CC[n+]1[c-]c(-c2cccc(C(=O)O)c2)[nH]n1. The van der Waals surface area contributed by atoms with E-state index in [1.807, 2.05) is 6.07 Å². The van der Waals surface area contributed by atoms with Gasteiger partial charge in [-0.1, -0.05) is 26.0 Å². The molecule has 2 aromatic rings. The first-order valence-electron chi connectivity index (χ1n) is 7.08. The fourth-order valence-corrected chi connectivity index (χ4v) is 3.66. The molecule has 2 N–H and O–H groups in total. The van der Waals surface area contributed by atoms with Crippen molar-refractivity contribution in [1.29, 1.82) is 0 Å². The van der Waals surface area contributed by atoms with E-state index in [0.717, 1.165) is 24.0 Å². The number of aromatic carboxylic acids is 1. The van der Waals surface area contributed by atoms with Crippen LogP contribution in [0.5, 0.6) is 0 Å². The van der Waals surface area contributed by atoms with Gasteiger partial charge in [-0.3, -0.25) is 0 Å². The smallest absolute Gasteiger partial charge is 0.334 e. The van der Waals surface area contributed by atoms with Crippen LogP contribution in [0, 0.1) is 6.20 Å². The lowest BCUT2D eigenvalue weighted by molar-refractivity contribution is -0.753. The molecule has 0 aliphatic carbocycles. The van der Waals surface area contributed by atoms with Crippen molar-refractivity contribution < 1.29 is 14.6 Å². The number of nitrogens with one attached hydrogen (secondary N) is 1. The minimum Gasteiger partial charge on any atom is -0.478 e. The molecule has 0 spiro atoms. The number of nitrogens with zero attached hydrogens (tertiary/aromatic N) is 2. The number of hydrogen-bond donors (Lipinski definition) is 2. The number of aryl methyl sites for hydroxylation is 1. The van der Waals surface area contributed by atoms with Gasteiger partial charge in [-0.15, -0.1) is 25.6 Å². The highest BCUT2D eigenvalue weighted by molar-refractivity contribution is 7.57. The first-order chi connectivity index (χ1) is 10.1. The Labute approximate surface area is 125 Å². The Balaban J connectivity index is 2.09. The summed E-state index contributed by atoms with van der Waals surface area (Å²) in [5.74, 6) is -0.930. The van der Waals surface area contributed by atoms with Crippen LogP contribution in [0.3, 0.4) is 0 Å². The van der Waals surface area contributed by atoms with E-state index >= 15 is 0 Å². The van der Waals surface area contributed by atoms with Gasteiger partial charge >= 0.3 is 5.97 Å². The highest BCUT2D eigenvalue weighted by Gasteiger charge is 2.07. The molecule has 21 heavy (non-hydrogen) atoms. The highest BCUT2D eigenvalue weighted by atomic mass is 31.1. The average molecular weight is 305 g/mol. The lowest BCUT2D eigenvalue weighted by atomic mass is 10.1. The third kappa shape index (κ3) is 4.11. The first kappa shape index (κ1) is 15.6.